The maximum absolute atomic E-state index is 10.2. The highest BCUT2D eigenvalue weighted by atomic mass is 16.3. The Morgan fingerprint density at radius 1 is 1.00 bits per heavy atom. The molecular formula is C29H50O. The van der Waals surface area contributed by atoms with Gasteiger partial charge in [0.05, 0.1) is 6.10 Å². The van der Waals surface area contributed by atoms with Gasteiger partial charge in [-0.25, -0.2) is 0 Å². The molecule has 0 spiro atoms. The number of hydrogen-bond donors (Lipinski definition) is 1. The first-order valence-corrected chi connectivity index (χ1v) is 13.6. The Bertz CT molecular complexity index is 634. The first kappa shape index (κ1) is 22.9. The zero-order chi connectivity index (χ0) is 21.7. The molecule has 30 heavy (non-hydrogen) atoms. The van der Waals surface area contributed by atoms with Crippen LogP contribution in [0.1, 0.15) is 112 Å². The van der Waals surface area contributed by atoms with E-state index in [2.05, 4.69) is 47.6 Å². The van der Waals surface area contributed by atoms with Gasteiger partial charge in [0.1, 0.15) is 0 Å². The van der Waals surface area contributed by atoms with Gasteiger partial charge in [0.25, 0.3) is 0 Å². The molecule has 9 atom stereocenters. The molecule has 3 fully saturated rings. The Morgan fingerprint density at radius 2 is 1.77 bits per heavy atom. The van der Waals surface area contributed by atoms with Crippen molar-refractivity contribution in [3.05, 3.63) is 11.6 Å². The van der Waals surface area contributed by atoms with E-state index in [1.807, 2.05) is 0 Å². The van der Waals surface area contributed by atoms with Gasteiger partial charge >= 0.3 is 0 Å². The minimum Gasteiger partial charge on any atom is -0.393 e. The van der Waals surface area contributed by atoms with Gasteiger partial charge < -0.3 is 5.11 Å². The predicted molar refractivity (Wildman–Crippen MR) is 128 cm³/mol. The minimum atomic E-state index is -0.0794. The van der Waals surface area contributed by atoms with Crippen LogP contribution in [-0.2, 0) is 0 Å². The lowest BCUT2D eigenvalue weighted by Crippen LogP contribution is -2.50. The smallest absolute Gasteiger partial charge is 0.0577 e. The van der Waals surface area contributed by atoms with Crippen molar-refractivity contribution in [3.8, 4) is 0 Å². The predicted octanol–water partition coefficient (Wildman–Crippen LogP) is 8.02. The van der Waals surface area contributed by atoms with Crippen LogP contribution in [0.5, 0.6) is 0 Å². The molecule has 7 unspecified atom stereocenters. The number of allylic oxidation sites excluding steroid dienone is 1. The van der Waals surface area contributed by atoms with E-state index >= 15 is 0 Å². The first-order chi connectivity index (χ1) is 14.2. The molecule has 1 heteroatoms. The molecule has 1 nitrogen and oxygen atoms in total. The highest BCUT2D eigenvalue weighted by Crippen LogP contribution is 2.67. The summed E-state index contributed by atoms with van der Waals surface area (Å²) >= 11 is 0. The van der Waals surface area contributed by atoms with Crippen LogP contribution in [0.3, 0.4) is 0 Å². The van der Waals surface area contributed by atoms with E-state index in [4.69, 9.17) is 0 Å². The molecule has 0 bridgehead atoms. The van der Waals surface area contributed by atoms with Crippen molar-refractivity contribution in [2.75, 3.05) is 0 Å². The monoisotopic (exact) mass is 414 g/mol. The van der Waals surface area contributed by atoms with Gasteiger partial charge in [0.15, 0.2) is 0 Å². The Labute approximate surface area is 187 Å². The highest BCUT2D eigenvalue weighted by molar-refractivity contribution is 5.25. The summed E-state index contributed by atoms with van der Waals surface area (Å²) in [4.78, 5) is 0. The Hall–Kier alpha value is -0.300. The lowest BCUT2D eigenvalue weighted by atomic mass is 9.47. The molecule has 172 valence electrons. The van der Waals surface area contributed by atoms with Gasteiger partial charge in [0, 0.05) is 0 Å². The molecule has 4 aliphatic carbocycles. The zero-order valence-electron chi connectivity index (χ0n) is 20.9. The standard InChI is InChI=1S/C29H50O/c1-7-21(19(2)3)9-8-20(4)25-12-13-26-24-11-10-22-18-23(30)14-16-28(22,5)27(24)15-17-29(25,26)6/h10,19-21,23-27,30H,7-9,11-18H2,1-6H3/t20?,21?,23?,24?,25?,26?,27?,28-,29+/m0/s1. The summed E-state index contributed by atoms with van der Waals surface area (Å²) in [5.74, 6) is 6.31. The van der Waals surface area contributed by atoms with Crippen LogP contribution in [0.4, 0.5) is 0 Å². The molecule has 0 heterocycles. The molecule has 0 aromatic rings. The van der Waals surface area contributed by atoms with Gasteiger partial charge in [-0.05, 0) is 110 Å². The normalized spacial score (nSPS) is 45.3. The molecule has 0 aliphatic heterocycles. The summed E-state index contributed by atoms with van der Waals surface area (Å²) in [6.45, 7) is 15.1. The van der Waals surface area contributed by atoms with Crippen molar-refractivity contribution in [3.63, 3.8) is 0 Å². The summed E-state index contributed by atoms with van der Waals surface area (Å²) in [6, 6.07) is 0. The summed E-state index contributed by atoms with van der Waals surface area (Å²) < 4.78 is 0. The summed E-state index contributed by atoms with van der Waals surface area (Å²) in [5, 5.41) is 10.2. The fourth-order valence-corrected chi connectivity index (χ4v) is 9.30. The molecule has 4 aliphatic rings. The van der Waals surface area contributed by atoms with Crippen molar-refractivity contribution in [1.29, 1.82) is 0 Å². The second-order valence-corrected chi connectivity index (χ2v) is 12.9. The van der Waals surface area contributed by atoms with Gasteiger partial charge in [-0.2, -0.15) is 0 Å². The van der Waals surface area contributed by atoms with Crippen LogP contribution in [-0.4, -0.2) is 11.2 Å². The minimum absolute atomic E-state index is 0.0794. The average Bonchev–Trinajstić information content (AvgIpc) is 3.06. The average molecular weight is 415 g/mol. The lowest BCUT2D eigenvalue weighted by Gasteiger charge is -2.58. The maximum Gasteiger partial charge on any atom is 0.0577 e. The molecular weight excluding hydrogens is 364 g/mol. The summed E-state index contributed by atoms with van der Waals surface area (Å²) in [5.41, 5.74) is 2.59. The van der Waals surface area contributed by atoms with Gasteiger partial charge in [-0.15, -0.1) is 0 Å². The number of rotatable bonds is 6. The van der Waals surface area contributed by atoms with Crippen LogP contribution in [0.25, 0.3) is 0 Å². The molecule has 0 radical (unpaired) electrons. The number of hydrogen-bond acceptors (Lipinski definition) is 1. The van der Waals surface area contributed by atoms with Crippen molar-refractivity contribution in [1.82, 2.24) is 0 Å². The van der Waals surface area contributed by atoms with Crippen LogP contribution in [0.15, 0.2) is 11.6 Å². The number of aliphatic hydroxyl groups is 1. The fraction of sp³-hybridized carbons (Fsp3) is 0.931. The second-order valence-electron chi connectivity index (χ2n) is 12.9. The third-order valence-electron chi connectivity index (χ3n) is 11.3. The van der Waals surface area contributed by atoms with Crippen molar-refractivity contribution < 1.29 is 5.11 Å². The van der Waals surface area contributed by atoms with E-state index in [9.17, 15) is 5.11 Å². The molecule has 4 rings (SSSR count). The first-order valence-electron chi connectivity index (χ1n) is 13.6. The van der Waals surface area contributed by atoms with Gasteiger partial charge in [-0.1, -0.05) is 66.0 Å². The van der Waals surface area contributed by atoms with Crippen molar-refractivity contribution in [2.45, 2.75) is 118 Å². The van der Waals surface area contributed by atoms with E-state index in [-0.39, 0.29) is 6.10 Å². The summed E-state index contributed by atoms with van der Waals surface area (Å²) in [6.07, 6.45) is 17.1. The maximum atomic E-state index is 10.2. The summed E-state index contributed by atoms with van der Waals surface area (Å²) in [7, 11) is 0. The molecule has 0 aromatic heterocycles. The third kappa shape index (κ3) is 3.74. The fourth-order valence-electron chi connectivity index (χ4n) is 9.30. The largest absolute Gasteiger partial charge is 0.393 e. The van der Waals surface area contributed by atoms with E-state index in [1.54, 1.807) is 5.57 Å². The molecule has 1 N–H and O–H groups in total. The Morgan fingerprint density at radius 3 is 2.47 bits per heavy atom. The Balaban J connectivity index is 1.47. The molecule has 3 saturated carbocycles. The third-order valence-corrected chi connectivity index (χ3v) is 11.3. The van der Waals surface area contributed by atoms with Gasteiger partial charge in [-0.3, -0.25) is 0 Å². The van der Waals surface area contributed by atoms with Crippen LogP contribution in [0, 0.1) is 52.3 Å². The topological polar surface area (TPSA) is 20.2 Å². The molecule has 0 aromatic carbocycles. The van der Waals surface area contributed by atoms with Crippen molar-refractivity contribution >= 4 is 0 Å². The van der Waals surface area contributed by atoms with E-state index in [0.717, 1.165) is 54.3 Å². The van der Waals surface area contributed by atoms with Crippen LogP contribution < -0.4 is 0 Å². The highest BCUT2D eigenvalue weighted by Gasteiger charge is 2.59. The van der Waals surface area contributed by atoms with Crippen molar-refractivity contribution in [2.24, 2.45) is 52.3 Å². The van der Waals surface area contributed by atoms with E-state index in [1.165, 1.54) is 57.8 Å². The lowest BCUT2D eigenvalue weighted by molar-refractivity contribution is -0.0575. The SMILES string of the molecule is CCC(CCC(C)C1CCC2C3CC=C4CC(O)CC[C@]4(C)C3CC[C@]12C)C(C)C. The quantitative estimate of drug-likeness (QED) is 0.436. The van der Waals surface area contributed by atoms with Crippen LogP contribution >= 0.6 is 0 Å². The second kappa shape index (κ2) is 8.57. The van der Waals surface area contributed by atoms with E-state index in [0.29, 0.717) is 10.8 Å². The Kier molecular flexibility index (Phi) is 6.53. The number of aliphatic hydroxyl groups excluding tert-OH is 1. The molecule has 0 saturated heterocycles. The van der Waals surface area contributed by atoms with E-state index < -0.39 is 0 Å². The molecule has 0 amide bonds. The van der Waals surface area contributed by atoms with Crippen LogP contribution in [0.2, 0.25) is 0 Å². The van der Waals surface area contributed by atoms with Gasteiger partial charge in [0.2, 0.25) is 0 Å². The number of fused-ring (bicyclic) bond motifs is 5. The zero-order valence-corrected chi connectivity index (χ0v) is 20.9.